The van der Waals surface area contributed by atoms with Crippen molar-refractivity contribution in [2.75, 3.05) is 0 Å². The van der Waals surface area contributed by atoms with E-state index < -0.39 is 0 Å². The van der Waals surface area contributed by atoms with Gasteiger partial charge in [-0.15, -0.1) is 5.73 Å². The highest BCUT2D eigenvalue weighted by Gasteiger charge is 1.88. The average Bonchev–Trinajstić information content (AvgIpc) is 1.99. The summed E-state index contributed by atoms with van der Waals surface area (Å²) in [5.74, 6) is 0. The zero-order valence-electron chi connectivity index (χ0n) is 5.39. The molecule has 0 heterocycles. The first kappa shape index (κ1) is 5.93. The quantitative estimate of drug-likeness (QED) is 0.480. The molecule has 9 heavy (non-hydrogen) atoms. The third-order valence-electron chi connectivity index (χ3n) is 1.22. The summed E-state index contributed by atoms with van der Waals surface area (Å²) in [6, 6.07) is 0. The molecule has 0 radical (unpaired) electrons. The van der Waals surface area contributed by atoms with Crippen molar-refractivity contribution in [2.45, 2.75) is 6.92 Å². The SMILES string of the molecule is CC1=C(N)C=CC=C=C1. The lowest BCUT2D eigenvalue weighted by atomic mass is 10.2. The molecule has 0 saturated carbocycles. The van der Waals surface area contributed by atoms with Gasteiger partial charge >= 0.3 is 0 Å². The Kier molecular flexibility index (Phi) is 1.57. The van der Waals surface area contributed by atoms with Gasteiger partial charge in [0.15, 0.2) is 0 Å². The van der Waals surface area contributed by atoms with Crippen molar-refractivity contribution >= 4 is 0 Å². The molecule has 0 atom stereocenters. The molecule has 1 aliphatic carbocycles. The summed E-state index contributed by atoms with van der Waals surface area (Å²) < 4.78 is 0. The molecule has 46 valence electrons. The average molecular weight is 119 g/mol. The molecule has 0 aromatic heterocycles. The Hall–Kier alpha value is -1.20. The van der Waals surface area contributed by atoms with E-state index in [9.17, 15) is 0 Å². The minimum atomic E-state index is 0.816. The van der Waals surface area contributed by atoms with Crippen molar-refractivity contribution in [3.63, 3.8) is 0 Å². The van der Waals surface area contributed by atoms with E-state index >= 15 is 0 Å². The number of allylic oxidation sites excluding steroid dienone is 4. The van der Waals surface area contributed by atoms with Gasteiger partial charge in [0.1, 0.15) is 0 Å². The fraction of sp³-hybridized carbons (Fsp3) is 0.125. The molecule has 1 heteroatoms. The number of hydrogen-bond acceptors (Lipinski definition) is 1. The molecule has 0 spiro atoms. The summed E-state index contributed by atoms with van der Waals surface area (Å²) in [6.45, 7) is 1.96. The second-order valence-corrected chi connectivity index (χ2v) is 1.98. The van der Waals surface area contributed by atoms with Crippen molar-refractivity contribution in [2.24, 2.45) is 5.73 Å². The Labute approximate surface area is 54.9 Å². The van der Waals surface area contributed by atoms with E-state index in [0.29, 0.717) is 0 Å². The van der Waals surface area contributed by atoms with Crippen LogP contribution in [0.3, 0.4) is 0 Å². The van der Waals surface area contributed by atoms with E-state index in [0.717, 1.165) is 11.3 Å². The van der Waals surface area contributed by atoms with Crippen LogP contribution in [0.25, 0.3) is 0 Å². The fourth-order valence-corrected chi connectivity index (χ4v) is 0.595. The van der Waals surface area contributed by atoms with Crippen molar-refractivity contribution < 1.29 is 0 Å². The molecule has 0 bridgehead atoms. The number of hydrogen-bond donors (Lipinski definition) is 1. The Balaban J connectivity index is 3.06. The monoisotopic (exact) mass is 119 g/mol. The molecule has 0 amide bonds. The van der Waals surface area contributed by atoms with Gasteiger partial charge < -0.3 is 5.73 Å². The summed E-state index contributed by atoms with van der Waals surface area (Å²) in [6.07, 6.45) is 7.45. The first-order chi connectivity index (χ1) is 4.30. The second-order valence-electron chi connectivity index (χ2n) is 1.98. The van der Waals surface area contributed by atoms with Gasteiger partial charge in [-0.2, -0.15) is 0 Å². The van der Waals surface area contributed by atoms with Crippen LogP contribution < -0.4 is 5.73 Å². The fourth-order valence-electron chi connectivity index (χ4n) is 0.595. The predicted octanol–water partition coefficient (Wildman–Crippen LogP) is 1.50. The van der Waals surface area contributed by atoms with E-state index in [2.05, 4.69) is 5.73 Å². The van der Waals surface area contributed by atoms with Crippen LogP contribution in [0.2, 0.25) is 0 Å². The third kappa shape index (κ3) is 1.34. The first-order valence-corrected chi connectivity index (χ1v) is 2.86. The summed E-state index contributed by atoms with van der Waals surface area (Å²) >= 11 is 0. The zero-order chi connectivity index (χ0) is 6.69. The minimum Gasteiger partial charge on any atom is -0.398 e. The minimum absolute atomic E-state index is 0.816. The Bertz CT molecular complexity index is 225. The smallest absolute Gasteiger partial charge is 0.0350 e. The van der Waals surface area contributed by atoms with Crippen molar-refractivity contribution in [3.8, 4) is 0 Å². The molecule has 1 rings (SSSR count). The van der Waals surface area contributed by atoms with E-state index in [1.165, 1.54) is 0 Å². The molecular formula is C8H9N. The van der Waals surface area contributed by atoms with Crippen LogP contribution in [-0.4, -0.2) is 0 Å². The zero-order valence-corrected chi connectivity index (χ0v) is 5.39. The normalized spacial score (nSPS) is 16.6. The number of rotatable bonds is 0. The highest BCUT2D eigenvalue weighted by atomic mass is 14.6. The van der Waals surface area contributed by atoms with Gasteiger partial charge in [0.05, 0.1) is 0 Å². The Morgan fingerprint density at radius 2 is 2.33 bits per heavy atom. The van der Waals surface area contributed by atoms with Crippen LogP contribution in [-0.2, 0) is 0 Å². The van der Waals surface area contributed by atoms with Crippen molar-refractivity contribution in [1.29, 1.82) is 0 Å². The van der Waals surface area contributed by atoms with Gasteiger partial charge in [-0.05, 0) is 30.7 Å². The molecule has 1 aliphatic rings. The van der Waals surface area contributed by atoms with Crippen LogP contribution in [0.4, 0.5) is 0 Å². The van der Waals surface area contributed by atoms with Crippen LogP contribution in [0.15, 0.2) is 41.3 Å². The molecule has 2 N–H and O–H groups in total. The summed E-state index contributed by atoms with van der Waals surface area (Å²) in [7, 11) is 0. The molecule has 0 aromatic rings. The lowest BCUT2D eigenvalue weighted by Gasteiger charge is -1.92. The van der Waals surface area contributed by atoms with Gasteiger partial charge in [0.25, 0.3) is 0 Å². The Morgan fingerprint density at radius 1 is 1.56 bits per heavy atom. The third-order valence-corrected chi connectivity index (χ3v) is 1.22. The predicted molar refractivity (Wildman–Crippen MR) is 38.7 cm³/mol. The first-order valence-electron chi connectivity index (χ1n) is 2.86. The standard InChI is InChI=1S/C8H9N/c1-7-5-3-2-4-6-8(7)9/h2,4-6H,9H2,1H3. The van der Waals surface area contributed by atoms with Gasteiger partial charge in [-0.3, -0.25) is 0 Å². The topological polar surface area (TPSA) is 26.0 Å². The maximum absolute atomic E-state index is 5.58. The molecule has 0 saturated heterocycles. The van der Waals surface area contributed by atoms with Crippen LogP contribution >= 0.6 is 0 Å². The van der Waals surface area contributed by atoms with Gasteiger partial charge in [-0.1, -0.05) is 6.08 Å². The van der Waals surface area contributed by atoms with Crippen LogP contribution in [0.1, 0.15) is 6.92 Å². The van der Waals surface area contributed by atoms with E-state index in [4.69, 9.17) is 5.73 Å². The van der Waals surface area contributed by atoms with Crippen molar-refractivity contribution in [3.05, 3.63) is 41.3 Å². The second kappa shape index (κ2) is 2.38. The van der Waals surface area contributed by atoms with E-state index in [1.54, 1.807) is 0 Å². The van der Waals surface area contributed by atoms with Gasteiger partial charge in [-0.25, -0.2) is 0 Å². The van der Waals surface area contributed by atoms with Crippen molar-refractivity contribution in [1.82, 2.24) is 0 Å². The molecule has 0 aromatic carbocycles. The van der Waals surface area contributed by atoms with Crippen LogP contribution in [0, 0.1) is 0 Å². The van der Waals surface area contributed by atoms with Gasteiger partial charge in [0.2, 0.25) is 0 Å². The molecule has 0 unspecified atom stereocenters. The number of nitrogens with two attached hydrogens (primary N) is 1. The summed E-state index contributed by atoms with van der Waals surface area (Å²) in [5, 5.41) is 0. The maximum atomic E-state index is 5.58. The largest absolute Gasteiger partial charge is 0.398 e. The summed E-state index contributed by atoms with van der Waals surface area (Å²) in [5.41, 5.74) is 10.4. The van der Waals surface area contributed by atoms with Gasteiger partial charge in [0, 0.05) is 5.70 Å². The lowest BCUT2D eigenvalue weighted by Crippen LogP contribution is -1.94. The highest BCUT2D eigenvalue weighted by molar-refractivity contribution is 5.33. The molecule has 0 fully saturated rings. The van der Waals surface area contributed by atoms with Crippen LogP contribution in [0.5, 0.6) is 0 Å². The molecule has 1 nitrogen and oxygen atoms in total. The highest BCUT2D eigenvalue weighted by Crippen LogP contribution is 2.02. The lowest BCUT2D eigenvalue weighted by molar-refractivity contribution is 1.33. The maximum Gasteiger partial charge on any atom is 0.0350 e. The Morgan fingerprint density at radius 3 is 3.11 bits per heavy atom. The molecule has 0 aliphatic heterocycles. The molecular weight excluding hydrogens is 110 g/mol. The van der Waals surface area contributed by atoms with E-state index in [-0.39, 0.29) is 0 Å². The summed E-state index contributed by atoms with van der Waals surface area (Å²) in [4.78, 5) is 0. The van der Waals surface area contributed by atoms with E-state index in [1.807, 2.05) is 31.2 Å².